The monoisotopic (exact) mass is 533 g/mol. The van der Waals surface area contributed by atoms with Crippen LogP contribution in [0.15, 0.2) is 48.5 Å². The summed E-state index contributed by atoms with van der Waals surface area (Å²) in [6.07, 6.45) is 1.77. The molecule has 0 saturated carbocycles. The highest BCUT2D eigenvalue weighted by Crippen LogP contribution is 2.27. The predicted octanol–water partition coefficient (Wildman–Crippen LogP) is 4.14. The van der Waals surface area contributed by atoms with Crippen LogP contribution >= 0.6 is 0 Å². The summed E-state index contributed by atoms with van der Waals surface area (Å²) in [6.45, 7) is 7.70. The van der Waals surface area contributed by atoms with Gasteiger partial charge in [-0.3, -0.25) is 24.2 Å². The van der Waals surface area contributed by atoms with Gasteiger partial charge in [0.2, 0.25) is 5.91 Å². The summed E-state index contributed by atoms with van der Waals surface area (Å²) in [7, 11) is 0. The van der Waals surface area contributed by atoms with Crippen LogP contribution in [0.2, 0.25) is 0 Å². The Hall–Kier alpha value is -3.52. The van der Waals surface area contributed by atoms with E-state index in [4.69, 9.17) is 4.74 Å². The molecular formula is C31H39N3O5. The summed E-state index contributed by atoms with van der Waals surface area (Å²) in [5, 5.41) is 4.20. The Morgan fingerprint density at radius 2 is 1.69 bits per heavy atom. The van der Waals surface area contributed by atoms with E-state index in [1.165, 1.54) is 5.01 Å². The molecule has 2 aromatic rings. The minimum absolute atomic E-state index is 0.0230. The first kappa shape index (κ1) is 28.5. The van der Waals surface area contributed by atoms with Gasteiger partial charge in [-0.05, 0) is 67.3 Å². The first-order chi connectivity index (χ1) is 18.6. The van der Waals surface area contributed by atoms with E-state index in [2.05, 4.69) is 10.7 Å². The first-order valence-corrected chi connectivity index (χ1v) is 13.9. The minimum atomic E-state index is -0.811. The zero-order chi connectivity index (χ0) is 28.1. The second-order valence-electron chi connectivity index (χ2n) is 11.0. The first-order valence-electron chi connectivity index (χ1n) is 13.9. The average molecular weight is 534 g/mol. The molecule has 2 aromatic carbocycles. The molecule has 0 aliphatic carbocycles. The zero-order valence-corrected chi connectivity index (χ0v) is 23.2. The van der Waals surface area contributed by atoms with Gasteiger partial charge in [0.25, 0.3) is 5.91 Å². The SMILES string of the molecule is CC(C)[C@@H]1CC(=O)CCc2ccc(cc2)-c2cccc(c2)[C@@H](C)OC(=O)[C@@H]2CCCN(N2)C(=O)[C@H](C)NC1=O. The van der Waals surface area contributed by atoms with E-state index in [-0.39, 0.29) is 29.9 Å². The van der Waals surface area contributed by atoms with Crippen molar-refractivity contribution in [3.63, 3.8) is 0 Å². The fraction of sp³-hybridized carbons (Fsp3) is 0.484. The van der Waals surface area contributed by atoms with Crippen molar-refractivity contribution >= 4 is 23.6 Å². The zero-order valence-electron chi connectivity index (χ0n) is 23.2. The molecule has 1 saturated heterocycles. The van der Waals surface area contributed by atoms with E-state index in [0.717, 1.165) is 22.3 Å². The number of hydrogen-bond donors (Lipinski definition) is 2. The standard InChI is InChI=1S/C31H39N3O5/c1-19(2)27-18-26(35)15-12-22-10-13-23(14-11-22)25-8-5-7-24(17-25)21(4)39-31(38)28-9-6-16-34(33-28)30(37)20(3)32-29(27)36/h5,7-8,10-11,13-14,17,19-21,27-28,33H,6,9,12,15-16,18H2,1-4H3,(H,32,36)/t20-,21+,27-,28-/m0/s1. The van der Waals surface area contributed by atoms with Gasteiger partial charge < -0.3 is 10.1 Å². The van der Waals surface area contributed by atoms with Gasteiger partial charge in [0.15, 0.2) is 0 Å². The third-order valence-electron chi connectivity index (χ3n) is 7.68. The van der Waals surface area contributed by atoms with E-state index in [9.17, 15) is 19.2 Å². The van der Waals surface area contributed by atoms with Crippen LogP contribution in [0.3, 0.4) is 0 Å². The average Bonchev–Trinajstić information content (AvgIpc) is 2.94. The molecule has 2 N–H and O–H groups in total. The maximum absolute atomic E-state index is 13.2. The number of amides is 2. The van der Waals surface area contributed by atoms with Crippen molar-refractivity contribution in [2.45, 2.75) is 78.0 Å². The molecule has 8 heteroatoms. The topological polar surface area (TPSA) is 105 Å². The highest BCUT2D eigenvalue weighted by Gasteiger charge is 2.34. The number of benzene rings is 2. The van der Waals surface area contributed by atoms with Crippen LogP contribution in [0.1, 0.15) is 70.6 Å². The third-order valence-corrected chi connectivity index (χ3v) is 7.68. The number of aryl methyl sites for hydroxylation is 1. The summed E-state index contributed by atoms with van der Waals surface area (Å²) in [5.74, 6) is -1.64. The lowest BCUT2D eigenvalue weighted by Crippen LogP contribution is -2.59. The summed E-state index contributed by atoms with van der Waals surface area (Å²) in [6, 6.07) is 14.5. The number of nitrogens with one attached hydrogen (secondary N) is 2. The number of rotatable bonds is 1. The van der Waals surface area contributed by atoms with Crippen molar-refractivity contribution < 1.29 is 23.9 Å². The van der Waals surface area contributed by atoms with E-state index in [1.54, 1.807) is 6.92 Å². The molecule has 6 bridgehead atoms. The molecule has 0 aromatic heterocycles. The molecule has 0 unspecified atom stereocenters. The summed E-state index contributed by atoms with van der Waals surface area (Å²) < 4.78 is 5.81. The smallest absolute Gasteiger partial charge is 0.325 e. The number of carbonyl (C=O) groups excluding carboxylic acids is 4. The number of hydrogen-bond acceptors (Lipinski definition) is 6. The predicted molar refractivity (Wildman–Crippen MR) is 148 cm³/mol. The summed E-state index contributed by atoms with van der Waals surface area (Å²) >= 11 is 0. The molecule has 0 spiro atoms. The maximum atomic E-state index is 13.2. The molecule has 208 valence electrons. The fourth-order valence-electron chi connectivity index (χ4n) is 5.15. The van der Waals surface area contributed by atoms with Crippen molar-refractivity contribution in [3.05, 3.63) is 59.7 Å². The lowest BCUT2D eigenvalue weighted by atomic mass is 9.88. The second-order valence-corrected chi connectivity index (χ2v) is 11.0. The molecule has 5 rings (SSSR count). The normalized spacial score (nSPS) is 25.5. The Bertz CT molecular complexity index is 1210. The number of carbonyl (C=O) groups is 4. The van der Waals surface area contributed by atoms with Crippen molar-refractivity contribution in [2.75, 3.05) is 6.54 Å². The molecule has 3 aliphatic heterocycles. The van der Waals surface area contributed by atoms with E-state index in [0.29, 0.717) is 32.2 Å². The van der Waals surface area contributed by atoms with Crippen molar-refractivity contribution in [2.24, 2.45) is 11.8 Å². The number of ether oxygens (including phenoxy) is 1. The quantitative estimate of drug-likeness (QED) is 0.534. The number of esters is 1. The Kier molecular flexibility index (Phi) is 9.17. The van der Waals surface area contributed by atoms with Crippen molar-refractivity contribution in [1.29, 1.82) is 0 Å². The molecule has 0 radical (unpaired) electrons. The van der Waals surface area contributed by atoms with Gasteiger partial charge >= 0.3 is 5.97 Å². The van der Waals surface area contributed by atoms with Crippen LogP contribution in [0.5, 0.6) is 0 Å². The molecule has 3 aliphatic rings. The van der Waals surface area contributed by atoms with Crippen LogP contribution in [-0.2, 0) is 30.3 Å². The van der Waals surface area contributed by atoms with Crippen LogP contribution in [-0.4, -0.2) is 47.2 Å². The molecule has 3 heterocycles. The number of ketones is 1. The number of Topliss-reactive ketones (excluding diaryl/α,β-unsaturated/α-hetero) is 1. The summed E-state index contributed by atoms with van der Waals surface area (Å²) in [4.78, 5) is 52.2. The Balaban J connectivity index is 1.61. The van der Waals surface area contributed by atoms with Gasteiger partial charge in [0, 0.05) is 25.3 Å². The van der Waals surface area contributed by atoms with Gasteiger partial charge in [-0.2, -0.15) is 0 Å². The minimum Gasteiger partial charge on any atom is -0.457 e. The lowest BCUT2D eigenvalue weighted by molar-refractivity contribution is -0.157. The van der Waals surface area contributed by atoms with E-state index >= 15 is 0 Å². The van der Waals surface area contributed by atoms with Gasteiger partial charge in [0.05, 0.1) is 0 Å². The van der Waals surface area contributed by atoms with Crippen LogP contribution in [0.4, 0.5) is 0 Å². The third kappa shape index (κ3) is 7.12. The fourth-order valence-corrected chi connectivity index (χ4v) is 5.15. The number of fused-ring (bicyclic) bond motifs is 12. The van der Waals surface area contributed by atoms with E-state index < -0.39 is 30.1 Å². The van der Waals surface area contributed by atoms with Gasteiger partial charge in [-0.1, -0.05) is 56.3 Å². The molecule has 2 amide bonds. The Labute approximate surface area is 230 Å². The maximum Gasteiger partial charge on any atom is 0.325 e. The second kappa shape index (κ2) is 12.6. The highest BCUT2D eigenvalue weighted by atomic mass is 16.5. The molecule has 39 heavy (non-hydrogen) atoms. The number of hydrazine groups is 1. The molecular weight excluding hydrogens is 494 g/mol. The van der Waals surface area contributed by atoms with Crippen LogP contribution < -0.4 is 10.7 Å². The van der Waals surface area contributed by atoms with Crippen LogP contribution in [0.25, 0.3) is 11.1 Å². The molecule has 4 atom stereocenters. The van der Waals surface area contributed by atoms with Crippen LogP contribution in [0, 0.1) is 11.8 Å². The largest absolute Gasteiger partial charge is 0.457 e. The summed E-state index contributed by atoms with van der Waals surface area (Å²) in [5.41, 5.74) is 6.96. The van der Waals surface area contributed by atoms with Gasteiger partial charge in [-0.25, -0.2) is 5.43 Å². The highest BCUT2D eigenvalue weighted by molar-refractivity contribution is 5.91. The lowest BCUT2D eigenvalue weighted by Gasteiger charge is -2.35. The Morgan fingerprint density at radius 3 is 2.41 bits per heavy atom. The van der Waals surface area contributed by atoms with Crippen molar-refractivity contribution in [3.8, 4) is 11.1 Å². The Morgan fingerprint density at radius 1 is 0.949 bits per heavy atom. The van der Waals surface area contributed by atoms with Gasteiger partial charge in [0.1, 0.15) is 24.0 Å². The van der Waals surface area contributed by atoms with E-state index in [1.807, 2.05) is 69.3 Å². The number of nitrogens with zero attached hydrogens (tertiary/aromatic N) is 1. The molecule has 8 nitrogen and oxygen atoms in total. The molecule has 1 fully saturated rings. The van der Waals surface area contributed by atoms with Gasteiger partial charge in [-0.15, -0.1) is 0 Å². The van der Waals surface area contributed by atoms with Crippen molar-refractivity contribution in [1.82, 2.24) is 15.8 Å².